The SMILES string of the molecule is CCc1ncc(CNc2ccccc2C#N)s1. The van der Waals surface area contributed by atoms with E-state index in [1.165, 1.54) is 4.88 Å². The Morgan fingerprint density at radius 2 is 2.24 bits per heavy atom. The molecular formula is C13H13N3S. The molecule has 2 aromatic rings. The van der Waals surface area contributed by atoms with Crippen molar-refractivity contribution in [3.8, 4) is 6.07 Å². The Bertz CT molecular complexity index is 540. The van der Waals surface area contributed by atoms with Crippen molar-refractivity contribution in [3.63, 3.8) is 0 Å². The molecule has 0 atom stereocenters. The number of aromatic nitrogens is 1. The Kier molecular flexibility index (Phi) is 3.73. The summed E-state index contributed by atoms with van der Waals surface area (Å²) in [4.78, 5) is 5.49. The van der Waals surface area contributed by atoms with Crippen molar-refractivity contribution in [2.75, 3.05) is 5.32 Å². The van der Waals surface area contributed by atoms with Crippen LogP contribution >= 0.6 is 11.3 Å². The minimum atomic E-state index is 0.674. The Balaban J connectivity index is 2.05. The van der Waals surface area contributed by atoms with Gasteiger partial charge in [0, 0.05) is 11.1 Å². The zero-order valence-corrected chi connectivity index (χ0v) is 10.4. The van der Waals surface area contributed by atoms with E-state index in [0.29, 0.717) is 5.56 Å². The zero-order chi connectivity index (χ0) is 12.1. The summed E-state index contributed by atoms with van der Waals surface area (Å²) in [6.07, 6.45) is 2.87. The smallest absolute Gasteiger partial charge is 0.101 e. The van der Waals surface area contributed by atoms with Crippen LogP contribution in [0.15, 0.2) is 30.5 Å². The van der Waals surface area contributed by atoms with E-state index in [0.717, 1.165) is 23.7 Å². The minimum absolute atomic E-state index is 0.674. The molecule has 1 aromatic heterocycles. The summed E-state index contributed by atoms with van der Waals surface area (Å²) in [6, 6.07) is 9.69. The van der Waals surface area contributed by atoms with Crippen molar-refractivity contribution in [2.45, 2.75) is 19.9 Å². The first-order chi connectivity index (χ1) is 8.33. The Labute approximate surface area is 105 Å². The number of nitriles is 1. The number of rotatable bonds is 4. The third-order valence-electron chi connectivity index (χ3n) is 2.40. The van der Waals surface area contributed by atoms with E-state index < -0.39 is 0 Å². The van der Waals surface area contributed by atoms with Gasteiger partial charge in [0.05, 0.1) is 22.8 Å². The lowest BCUT2D eigenvalue weighted by Crippen LogP contribution is -1.99. The average Bonchev–Trinajstić information content (AvgIpc) is 2.84. The number of anilines is 1. The van der Waals surface area contributed by atoms with Gasteiger partial charge in [-0.3, -0.25) is 0 Å². The fourth-order valence-corrected chi connectivity index (χ4v) is 2.31. The first-order valence-electron chi connectivity index (χ1n) is 5.50. The number of nitrogens with zero attached hydrogens (tertiary/aromatic N) is 2. The molecule has 1 aromatic carbocycles. The molecule has 0 amide bonds. The molecule has 86 valence electrons. The van der Waals surface area contributed by atoms with Crippen molar-refractivity contribution in [1.82, 2.24) is 4.98 Å². The van der Waals surface area contributed by atoms with Crippen LogP contribution in [0.25, 0.3) is 0 Å². The number of hydrogen-bond donors (Lipinski definition) is 1. The predicted octanol–water partition coefficient (Wildman–Crippen LogP) is 3.19. The third-order valence-corrected chi connectivity index (χ3v) is 3.55. The first kappa shape index (κ1) is 11.6. The molecule has 0 aliphatic heterocycles. The maximum atomic E-state index is 8.96. The molecule has 0 spiro atoms. The van der Waals surface area contributed by atoms with Gasteiger partial charge in [0.1, 0.15) is 6.07 Å². The lowest BCUT2D eigenvalue weighted by Gasteiger charge is -2.05. The molecule has 0 fully saturated rings. The van der Waals surface area contributed by atoms with E-state index in [4.69, 9.17) is 5.26 Å². The Hall–Kier alpha value is -1.86. The maximum Gasteiger partial charge on any atom is 0.101 e. The molecule has 0 saturated carbocycles. The van der Waals surface area contributed by atoms with Crippen LogP contribution in [0.2, 0.25) is 0 Å². The second kappa shape index (κ2) is 5.46. The van der Waals surface area contributed by atoms with Crippen LogP contribution in [-0.2, 0) is 13.0 Å². The molecule has 0 unspecified atom stereocenters. The van der Waals surface area contributed by atoms with Gasteiger partial charge in [-0.25, -0.2) is 4.98 Å². The first-order valence-corrected chi connectivity index (χ1v) is 6.31. The number of benzene rings is 1. The highest BCUT2D eigenvalue weighted by Gasteiger charge is 2.02. The summed E-state index contributed by atoms with van der Waals surface area (Å²) in [5.41, 5.74) is 1.55. The van der Waals surface area contributed by atoms with E-state index in [1.807, 2.05) is 30.5 Å². The topological polar surface area (TPSA) is 48.7 Å². The highest BCUT2D eigenvalue weighted by atomic mass is 32.1. The lowest BCUT2D eigenvalue weighted by molar-refractivity contribution is 1.09. The van der Waals surface area contributed by atoms with Gasteiger partial charge in [-0.05, 0) is 18.6 Å². The van der Waals surface area contributed by atoms with Crippen LogP contribution in [0.3, 0.4) is 0 Å². The Morgan fingerprint density at radius 1 is 1.41 bits per heavy atom. The van der Waals surface area contributed by atoms with Crippen LogP contribution in [-0.4, -0.2) is 4.98 Å². The summed E-state index contributed by atoms with van der Waals surface area (Å²) < 4.78 is 0. The van der Waals surface area contributed by atoms with Gasteiger partial charge in [-0.15, -0.1) is 11.3 Å². The number of nitrogens with one attached hydrogen (secondary N) is 1. The standard InChI is InChI=1S/C13H13N3S/c1-2-13-16-9-11(17-13)8-15-12-6-4-3-5-10(12)7-14/h3-6,9,15H,2,8H2,1H3. The van der Waals surface area contributed by atoms with Gasteiger partial charge in [0.25, 0.3) is 0 Å². The third kappa shape index (κ3) is 2.83. The van der Waals surface area contributed by atoms with Gasteiger partial charge in [0.2, 0.25) is 0 Å². The number of aryl methyl sites for hydroxylation is 1. The van der Waals surface area contributed by atoms with Gasteiger partial charge in [-0.1, -0.05) is 19.1 Å². The van der Waals surface area contributed by atoms with Crippen molar-refractivity contribution in [2.24, 2.45) is 0 Å². The summed E-state index contributed by atoms with van der Waals surface area (Å²) in [6.45, 7) is 2.82. The van der Waals surface area contributed by atoms with Gasteiger partial charge in [0.15, 0.2) is 0 Å². The largest absolute Gasteiger partial charge is 0.379 e. The number of thiazole rings is 1. The molecule has 4 heteroatoms. The lowest BCUT2D eigenvalue weighted by atomic mass is 10.2. The predicted molar refractivity (Wildman–Crippen MR) is 70.0 cm³/mol. The minimum Gasteiger partial charge on any atom is -0.379 e. The molecule has 0 saturated heterocycles. The van der Waals surface area contributed by atoms with Crippen molar-refractivity contribution in [3.05, 3.63) is 45.9 Å². The fraction of sp³-hybridized carbons (Fsp3) is 0.231. The summed E-state index contributed by atoms with van der Waals surface area (Å²) in [5.74, 6) is 0. The van der Waals surface area contributed by atoms with Crippen molar-refractivity contribution in [1.29, 1.82) is 5.26 Å². The van der Waals surface area contributed by atoms with E-state index >= 15 is 0 Å². The molecule has 3 nitrogen and oxygen atoms in total. The van der Waals surface area contributed by atoms with Gasteiger partial charge in [-0.2, -0.15) is 5.26 Å². The molecule has 0 aliphatic carbocycles. The van der Waals surface area contributed by atoms with Crippen molar-refractivity contribution >= 4 is 17.0 Å². The highest BCUT2D eigenvalue weighted by Crippen LogP contribution is 2.18. The van der Waals surface area contributed by atoms with Crippen molar-refractivity contribution < 1.29 is 0 Å². The van der Waals surface area contributed by atoms with Crippen LogP contribution in [0.5, 0.6) is 0 Å². The molecule has 0 aliphatic rings. The molecule has 1 heterocycles. The molecule has 1 N–H and O–H groups in total. The quantitative estimate of drug-likeness (QED) is 0.897. The molecule has 0 bridgehead atoms. The summed E-state index contributed by atoms with van der Waals surface area (Å²) in [5, 5.41) is 13.4. The van der Waals surface area contributed by atoms with Crippen LogP contribution in [0, 0.1) is 11.3 Å². The molecule has 17 heavy (non-hydrogen) atoms. The average molecular weight is 243 g/mol. The number of para-hydroxylation sites is 1. The maximum absolute atomic E-state index is 8.96. The molecular weight excluding hydrogens is 230 g/mol. The summed E-state index contributed by atoms with van der Waals surface area (Å²) in [7, 11) is 0. The Morgan fingerprint density at radius 3 is 2.94 bits per heavy atom. The highest BCUT2D eigenvalue weighted by molar-refractivity contribution is 7.11. The molecule has 0 radical (unpaired) electrons. The second-order valence-electron chi connectivity index (χ2n) is 3.58. The second-order valence-corrected chi connectivity index (χ2v) is 4.78. The molecule has 2 rings (SSSR count). The monoisotopic (exact) mass is 243 g/mol. The van der Waals surface area contributed by atoms with E-state index in [-0.39, 0.29) is 0 Å². The van der Waals surface area contributed by atoms with Crippen LogP contribution in [0.1, 0.15) is 22.4 Å². The fourth-order valence-electron chi connectivity index (χ4n) is 1.51. The van der Waals surface area contributed by atoms with E-state index in [9.17, 15) is 0 Å². The van der Waals surface area contributed by atoms with Crippen LogP contribution in [0.4, 0.5) is 5.69 Å². The zero-order valence-electron chi connectivity index (χ0n) is 9.60. The van der Waals surface area contributed by atoms with Gasteiger partial charge < -0.3 is 5.32 Å². The number of hydrogen-bond acceptors (Lipinski definition) is 4. The van der Waals surface area contributed by atoms with E-state index in [1.54, 1.807) is 11.3 Å². The van der Waals surface area contributed by atoms with Crippen LogP contribution < -0.4 is 5.32 Å². The summed E-state index contributed by atoms with van der Waals surface area (Å²) >= 11 is 1.71. The van der Waals surface area contributed by atoms with Gasteiger partial charge >= 0.3 is 0 Å². The normalized spacial score (nSPS) is 9.88. The van der Waals surface area contributed by atoms with E-state index in [2.05, 4.69) is 23.3 Å².